The van der Waals surface area contributed by atoms with Gasteiger partial charge in [-0.05, 0) is 57.0 Å². The SMILES string of the molecule is COc1ccc2ncc(Cl)c([C@H](F)CCC3(C(=O)O)CCN(CCNc4cc(F)c(F)c(F)c4)CC3)c2c1. The Labute approximate surface area is 222 Å². The third kappa shape index (κ3) is 5.96. The van der Waals surface area contributed by atoms with Gasteiger partial charge in [-0.15, -0.1) is 0 Å². The van der Waals surface area contributed by atoms with Crippen LogP contribution in [0.4, 0.5) is 23.2 Å². The van der Waals surface area contributed by atoms with Gasteiger partial charge in [-0.3, -0.25) is 9.78 Å². The number of pyridine rings is 1. The largest absolute Gasteiger partial charge is 0.497 e. The number of nitrogens with zero attached hydrogens (tertiary/aromatic N) is 2. The number of hydrogen-bond acceptors (Lipinski definition) is 5. The van der Waals surface area contributed by atoms with Gasteiger partial charge in [0.15, 0.2) is 17.5 Å². The first kappa shape index (κ1) is 27.9. The van der Waals surface area contributed by atoms with Crippen LogP contribution in [0.25, 0.3) is 10.9 Å². The normalized spacial score (nSPS) is 16.4. The van der Waals surface area contributed by atoms with Crippen molar-refractivity contribution in [1.82, 2.24) is 9.88 Å². The molecule has 0 amide bonds. The Kier molecular flexibility index (Phi) is 8.62. The molecule has 11 heteroatoms. The van der Waals surface area contributed by atoms with E-state index in [0.717, 1.165) is 12.1 Å². The molecule has 1 atom stereocenters. The zero-order valence-corrected chi connectivity index (χ0v) is 21.5. The molecule has 1 saturated heterocycles. The third-order valence-corrected chi connectivity index (χ3v) is 7.57. The molecule has 204 valence electrons. The number of carboxylic acids is 1. The van der Waals surface area contributed by atoms with E-state index in [1.165, 1.54) is 13.3 Å². The van der Waals surface area contributed by atoms with Gasteiger partial charge in [-0.2, -0.15) is 0 Å². The maximum atomic E-state index is 15.6. The fraction of sp³-hybridized carbons (Fsp3) is 0.407. The first-order valence-electron chi connectivity index (χ1n) is 12.2. The number of rotatable bonds is 10. The summed E-state index contributed by atoms with van der Waals surface area (Å²) < 4.78 is 60.7. The Balaban J connectivity index is 1.36. The van der Waals surface area contributed by atoms with Crippen LogP contribution in [0.15, 0.2) is 36.5 Å². The second kappa shape index (κ2) is 11.7. The summed E-state index contributed by atoms with van der Waals surface area (Å²) in [7, 11) is 1.51. The highest BCUT2D eigenvalue weighted by molar-refractivity contribution is 6.32. The standard InChI is InChI=1S/C27H28ClF4N3O3/c1-38-17-2-3-23-18(14-17)24(19(28)15-34-23)20(29)4-5-27(26(36)37)6-9-35(10-7-27)11-8-33-16-12-21(30)25(32)22(31)13-16/h2-3,12-15,20,33H,4-11H2,1H3,(H,36,37)/t20-/m1/s1. The van der Waals surface area contributed by atoms with E-state index < -0.39 is 35.0 Å². The number of halogens is 5. The molecule has 2 heterocycles. The van der Waals surface area contributed by atoms with Gasteiger partial charge in [-0.1, -0.05) is 11.6 Å². The van der Waals surface area contributed by atoms with Gasteiger partial charge in [0.2, 0.25) is 0 Å². The van der Waals surface area contributed by atoms with Crippen LogP contribution < -0.4 is 10.1 Å². The lowest BCUT2D eigenvalue weighted by Crippen LogP contribution is -2.45. The van der Waals surface area contributed by atoms with Crippen molar-refractivity contribution in [1.29, 1.82) is 0 Å². The Morgan fingerprint density at radius 2 is 1.89 bits per heavy atom. The molecular formula is C27H28ClF4N3O3. The summed E-state index contributed by atoms with van der Waals surface area (Å²) >= 11 is 6.32. The van der Waals surface area contributed by atoms with Crippen LogP contribution >= 0.6 is 11.6 Å². The van der Waals surface area contributed by atoms with Crippen LogP contribution in [0.5, 0.6) is 5.75 Å². The highest BCUT2D eigenvalue weighted by Gasteiger charge is 2.41. The van der Waals surface area contributed by atoms with Crippen LogP contribution in [0.1, 0.15) is 37.4 Å². The lowest BCUT2D eigenvalue weighted by atomic mass is 9.74. The smallest absolute Gasteiger partial charge is 0.309 e. The molecule has 0 bridgehead atoms. The number of hydrogen-bond donors (Lipinski definition) is 2. The maximum Gasteiger partial charge on any atom is 0.309 e. The number of fused-ring (bicyclic) bond motifs is 1. The first-order chi connectivity index (χ1) is 18.1. The van der Waals surface area contributed by atoms with Crippen molar-refractivity contribution in [2.24, 2.45) is 5.41 Å². The molecule has 2 aromatic carbocycles. The molecule has 6 nitrogen and oxygen atoms in total. The lowest BCUT2D eigenvalue weighted by Gasteiger charge is -2.39. The molecule has 1 aromatic heterocycles. The Bertz CT molecular complexity index is 1300. The molecule has 0 radical (unpaired) electrons. The Morgan fingerprint density at radius 1 is 1.21 bits per heavy atom. The lowest BCUT2D eigenvalue weighted by molar-refractivity contribution is -0.153. The summed E-state index contributed by atoms with van der Waals surface area (Å²) in [5.41, 5.74) is -0.126. The van der Waals surface area contributed by atoms with E-state index in [1.54, 1.807) is 18.2 Å². The van der Waals surface area contributed by atoms with E-state index in [2.05, 4.69) is 10.3 Å². The number of likely N-dealkylation sites (tertiary alicyclic amines) is 1. The number of ether oxygens (including phenoxy) is 1. The minimum Gasteiger partial charge on any atom is -0.497 e. The number of carboxylic acid groups (broad SMARTS) is 1. The van der Waals surface area contributed by atoms with Crippen molar-refractivity contribution in [2.75, 3.05) is 38.6 Å². The monoisotopic (exact) mass is 553 g/mol. The molecule has 38 heavy (non-hydrogen) atoms. The molecule has 1 aliphatic heterocycles. The van der Waals surface area contributed by atoms with Crippen LogP contribution in [0, 0.1) is 22.9 Å². The quantitative estimate of drug-likeness (QED) is 0.224. The van der Waals surface area contributed by atoms with Crippen molar-refractivity contribution >= 4 is 34.2 Å². The molecule has 0 unspecified atom stereocenters. The van der Waals surface area contributed by atoms with Gasteiger partial charge in [0.05, 0.1) is 23.1 Å². The fourth-order valence-electron chi connectivity index (χ4n) is 4.95. The molecule has 4 rings (SSSR count). The predicted octanol–water partition coefficient (Wildman–Crippen LogP) is 6.38. The van der Waals surface area contributed by atoms with Crippen molar-refractivity contribution in [2.45, 2.75) is 31.9 Å². The first-order valence-corrected chi connectivity index (χ1v) is 12.6. The number of aliphatic carboxylic acids is 1. The number of aromatic nitrogens is 1. The van der Waals surface area contributed by atoms with E-state index in [4.69, 9.17) is 16.3 Å². The van der Waals surface area contributed by atoms with Crippen molar-refractivity contribution < 1.29 is 32.2 Å². The van der Waals surface area contributed by atoms with Gasteiger partial charge in [-0.25, -0.2) is 17.6 Å². The fourth-order valence-corrected chi connectivity index (χ4v) is 5.22. The van der Waals surface area contributed by atoms with Gasteiger partial charge >= 0.3 is 5.97 Å². The second-order valence-electron chi connectivity index (χ2n) is 9.52. The molecule has 0 spiro atoms. The molecule has 1 fully saturated rings. The number of alkyl halides is 1. The molecule has 0 aliphatic carbocycles. The molecule has 0 saturated carbocycles. The van der Waals surface area contributed by atoms with Crippen molar-refractivity contribution in [3.63, 3.8) is 0 Å². The summed E-state index contributed by atoms with van der Waals surface area (Å²) in [6.07, 6.45) is 0.669. The van der Waals surface area contributed by atoms with Crippen LogP contribution in [-0.4, -0.2) is 54.2 Å². The van der Waals surface area contributed by atoms with E-state index in [0.29, 0.717) is 55.7 Å². The minimum atomic E-state index is -1.52. The molecule has 3 aromatic rings. The topological polar surface area (TPSA) is 74.7 Å². The van der Waals surface area contributed by atoms with Crippen molar-refractivity contribution in [3.05, 3.63) is 64.6 Å². The summed E-state index contributed by atoms with van der Waals surface area (Å²) in [5.74, 6) is -4.50. The minimum absolute atomic E-state index is 0.0222. The highest BCUT2D eigenvalue weighted by Crippen LogP contribution is 2.42. The second-order valence-corrected chi connectivity index (χ2v) is 9.92. The highest BCUT2D eigenvalue weighted by atomic mass is 35.5. The number of nitrogens with one attached hydrogen (secondary N) is 1. The number of benzene rings is 2. The average Bonchev–Trinajstić information content (AvgIpc) is 2.90. The number of carbonyl (C=O) groups is 1. The summed E-state index contributed by atoms with van der Waals surface area (Å²) in [4.78, 5) is 18.5. The van der Waals surface area contributed by atoms with Crippen LogP contribution in [0.2, 0.25) is 5.02 Å². The number of piperidine rings is 1. The van der Waals surface area contributed by atoms with Gasteiger partial charge < -0.3 is 20.1 Å². The van der Waals surface area contributed by atoms with Crippen LogP contribution in [0.3, 0.4) is 0 Å². The van der Waals surface area contributed by atoms with E-state index in [-0.39, 0.29) is 29.1 Å². The predicted molar refractivity (Wildman–Crippen MR) is 137 cm³/mol. The molecule has 2 N–H and O–H groups in total. The number of methoxy groups -OCH3 is 1. The number of anilines is 1. The zero-order chi connectivity index (χ0) is 27.4. The van der Waals surface area contributed by atoms with Gasteiger partial charge in [0.1, 0.15) is 11.9 Å². The van der Waals surface area contributed by atoms with Crippen LogP contribution in [-0.2, 0) is 4.79 Å². The van der Waals surface area contributed by atoms with Gasteiger partial charge in [0, 0.05) is 48.1 Å². The van der Waals surface area contributed by atoms with E-state index >= 15 is 4.39 Å². The van der Waals surface area contributed by atoms with Gasteiger partial charge in [0.25, 0.3) is 0 Å². The summed E-state index contributed by atoms with van der Waals surface area (Å²) in [6, 6.07) is 6.87. The average molecular weight is 554 g/mol. The zero-order valence-electron chi connectivity index (χ0n) is 20.7. The summed E-state index contributed by atoms with van der Waals surface area (Å²) in [5, 5.41) is 13.6. The third-order valence-electron chi connectivity index (χ3n) is 7.27. The molecular weight excluding hydrogens is 526 g/mol. The molecule has 1 aliphatic rings. The van der Waals surface area contributed by atoms with Crippen molar-refractivity contribution in [3.8, 4) is 5.75 Å². The Morgan fingerprint density at radius 3 is 2.53 bits per heavy atom. The van der Waals surface area contributed by atoms with E-state index in [9.17, 15) is 23.1 Å². The summed E-state index contributed by atoms with van der Waals surface area (Å²) in [6.45, 7) is 1.75. The Hall–Kier alpha value is -3.11. The van der Waals surface area contributed by atoms with E-state index in [1.807, 2.05) is 4.90 Å². The maximum absolute atomic E-state index is 15.6.